The molecule has 0 saturated heterocycles. The average molecular weight is 528 g/mol. The largest absolute Gasteiger partial charge is 0.352 e. The van der Waals surface area contributed by atoms with Crippen molar-refractivity contribution in [1.29, 1.82) is 0 Å². The molecule has 1 fully saturated rings. The van der Waals surface area contributed by atoms with Crippen LogP contribution in [0.5, 0.6) is 0 Å². The van der Waals surface area contributed by atoms with Gasteiger partial charge < -0.3 is 10.2 Å². The van der Waals surface area contributed by atoms with Crippen molar-refractivity contribution in [3.63, 3.8) is 0 Å². The Bertz CT molecular complexity index is 966. The first-order valence-corrected chi connectivity index (χ1v) is 13.5. The zero-order valence-electron chi connectivity index (χ0n) is 18.7. The highest BCUT2D eigenvalue weighted by molar-refractivity contribution is 7.99. The lowest BCUT2D eigenvalue weighted by Gasteiger charge is -2.31. The van der Waals surface area contributed by atoms with Gasteiger partial charge in [0.15, 0.2) is 0 Å². The molecular formula is C25H29Cl3N2O2S. The van der Waals surface area contributed by atoms with Crippen LogP contribution in [-0.4, -0.2) is 34.6 Å². The summed E-state index contributed by atoms with van der Waals surface area (Å²) in [6.45, 7) is 2.01. The zero-order chi connectivity index (χ0) is 23.8. The van der Waals surface area contributed by atoms with Gasteiger partial charge in [0, 0.05) is 33.4 Å². The van der Waals surface area contributed by atoms with Gasteiger partial charge in [-0.05, 0) is 49.1 Å². The second-order valence-electron chi connectivity index (χ2n) is 8.36. The monoisotopic (exact) mass is 526 g/mol. The minimum Gasteiger partial charge on any atom is -0.352 e. The highest BCUT2D eigenvalue weighted by Gasteiger charge is 2.28. The number of thioether (sulfide) groups is 1. The van der Waals surface area contributed by atoms with E-state index in [9.17, 15) is 9.59 Å². The van der Waals surface area contributed by atoms with Gasteiger partial charge in [-0.1, -0.05) is 78.3 Å². The van der Waals surface area contributed by atoms with Gasteiger partial charge in [-0.3, -0.25) is 9.59 Å². The van der Waals surface area contributed by atoms with Crippen LogP contribution in [0.3, 0.4) is 0 Å². The molecule has 0 spiro atoms. The number of hydrogen-bond donors (Lipinski definition) is 1. The molecule has 1 aliphatic carbocycles. The summed E-state index contributed by atoms with van der Waals surface area (Å²) in [7, 11) is 0. The van der Waals surface area contributed by atoms with Crippen LogP contribution >= 0.6 is 46.6 Å². The van der Waals surface area contributed by atoms with Crippen LogP contribution in [0.2, 0.25) is 15.1 Å². The quantitative estimate of drug-likeness (QED) is 0.392. The molecule has 0 aromatic heterocycles. The molecule has 2 aromatic carbocycles. The number of hydrogen-bond acceptors (Lipinski definition) is 3. The molecule has 3 rings (SSSR count). The van der Waals surface area contributed by atoms with E-state index in [0.29, 0.717) is 20.8 Å². The van der Waals surface area contributed by atoms with Gasteiger partial charge in [-0.25, -0.2) is 0 Å². The molecule has 178 valence electrons. The Labute approximate surface area is 215 Å². The summed E-state index contributed by atoms with van der Waals surface area (Å²) in [6.07, 6.45) is 5.44. The smallest absolute Gasteiger partial charge is 0.242 e. The first-order valence-electron chi connectivity index (χ1n) is 11.2. The summed E-state index contributed by atoms with van der Waals surface area (Å²) >= 11 is 20.1. The minimum atomic E-state index is -0.618. The van der Waals surface area contributed by atoms with Crippen LogP contribution < -0.4 is 5.32 Å². The molecule has 8 heteroatoms. The second-order valence-corrected chi connectivity index (χ2v) is 10.6. The van der Waals surface area contributed by atoms with Crippen LogP contribution in [0.4, 0.5) is 0 Å². The lowest BCUT2D eigenvalue weighted by atomic mass is 9.95. The first-order chi connectivity index (χ1) is 15.8. The molecule has 0 bridgehead atoms. The molecule has 2 amide bonds. The number of carbonyl (C=O) groups excluding carboxylic acids is 2. The van der Waals surface area contributed by atoms with E-state index in [1.807, 2.05) is 24.3 Å². The third-order valence-corrected chi connectivity index (χ3v) is 7.84. The number of benzene rings is 2. The predicted molar refractivity (Wildman–Crippen MR) is 139 cm³/mol. The summed E-state index contributed by atoms with van der Waals surface area (Å²) in [6, 6.07) is 12.4. The fraction of sp³-hybridized carbons (Fsp3) is 0.440. The molecule has 0 radical (unpaired) electrons. The topological polar surface area (TPSA) is 49.4 Å². The molecule has 4 nitrogen and oxygen atoms in total. The van der Waals surface area contributed by atoms with Crippen LogP contribution in [0.1, 0.15) is 50.2 Å². The van der Waals surface area contributed by atoms with Crippen LogP contribution in [0.25, 0.3) is 0 Å². The van der Waals surface area contributed by atoms with Crippen molar-refractivity contribution < 1.29 is 9.59 Å². The van der Waals surface area contributed by atoms with E-state index in [-0.39, 0.29) is 30.2 Å². The van der Waals surface area contributed by atoms with Gasteiger partial charge in [0.1, 0.15) is 6.04 Å². The van der Waals surface area contributed by atoms with E-state index >= 15 is 0 Å². The molecule has 2 aromatic rings. The summed E-state index contributed by atoms with van der Waals surface area (Å²) in [5.74, 6) is 0.599. The Morgan fingerprint density at radius 1 is 1.03 bits per heavy atom. The van der Waals surface area contributed by atoms with Crippen molar-refractivity contribution in [3.8, 4) is 0 Å². The molecule has 1 atom stereocenters. The first kappa shape index (κ1) is 26.2. The Morgan fingerprint density at radius 3 is 2.45 bits per heavy atom. The highest BCUT2D eigenvalue weighted by atomic mass is 35.5. The predicted octanol–water partition coefficient (Wildman–Crippen LogP) is 6.75. The number of rotatable bonds is 9. The lowest BCUT2D eigenvalue weighted by Crippen LogP contribution is -2.50. The summed E-state index contributed by atoms with van der Waals surface area (Å²) in [5, 5.41) is 4.83. The van der Waals surface area contributed by atoms with Gasteiger partial charge in [-0.2, -0.15) is 0 Å². The standard InChI is InChI=1S/C25H29Cl3N2O2S/c1-17(25(32)29-21-8-3-2-4-9-21)30(14-18-11-12-20(26)13-23(18)28)24(31)16-33-15-19-7-5-6-10-22(19)27/h5-7,10-13,17,21H,2-4,8-9,14-16H2,1H3,(H,29,32). The maximum absolute atomic E-state index is 13.3. The van der Waals surface area contributed by atoms with Gasteiger partial charge >= 0.3 is 0 Å². The maximum Gasteiger partial charge on any atom is 0.242 e. The van der Waals surface area contributed by atoms with E-state index in [2.05, 4.69) is 5.32 Å². The fourth-order valence-corrected chi connectivity index (χ4v) is 5.60. The van der Waals surface area contributed by atoms with E-state index in [0.717, 1.165) is 36.8 Å². The fourth-order valence-electron chi connectivity index (χ4n) is 3.93. The molecule has 0 heterocycles. The Morgan fingerprint density at radius 2 is 1.76 bits per heavy atom. The Kier molecular flexibility index (Phi) is 10.2. The summed E-state index contributed by atoms with van der Waals surface area (Å²) in [4.78, 5) is 27.9. The van der Waals surface area contributed by atoms with Gasteiger partial charge in [0.05, 0.1) is 5.75 Å². The molecule has 1 N–H and O–H groups in total. The van der Waals surface area contributed by atoms with Crippen LogP contribution in [0, 0.1) is 0 Å². The number of nitrogens with one attached hydrogen (secondary N) is 1. The lowest BCUT2D eigenvalue weighted by molar-refractivity contribution is -0.139. The Balaban J connectivity index is 1.69. The van der Waals surface area contributed by atoms with E-state index in [4.69, 9.17) is 34.8 Å². The zero-order valence-corrected chi connectivity index (χ0v) is 21.7. The minimum absolute atomic E-state index is 0.121. The number of halogens is 3. The van der Waals surface area contributed by atoms with Crippen molar-refractivity contribution in [2.24, 2.45) is 0 Å². The summed E-state index contributed by atoms with van der Waals surface area (Å²) < 4.78 is 0. The Hall–Kier alpha value is -1.40. The van der Waals surface area contributed by atoms with Crippen molar-refractivity contribution >= 4 is 58.4 Å². The van der Waals surface area contributed by atoms with Crippen LogP contribution in [0.15, 0.2) is 42.5 Å². The third-order valence-electron chi connectivity index (χ3n) is 5.92. The molecule has 1 unspecified atom stereocenters. The molecular weight excluding hydrogens is 499 g/mol. The molecule has 0 aliphatic heterocycles. The number of carbonyl (C=O) groups is 2. The SMILES string of the molecule is CC(C(=O)NC1CCCCC1)N(Cc1ccc(Cl)cc1Cl)C(=O)CSCc1ccccc1Cl. The van der Waals surface area contributed by atoms with E-state index in [1.165, 1.54) is 18.2 Å². The normalized spacial score (nSPS) is 15.2. The van der Waals surface area contributed by atoms with Gasteiger partial charge in [0.2, 0.25) is 11.8 Å². The number of amides is 2. The number of nitrogens with zero attached hydrogens (tertiary/aromatic N) is 1. The van der Waals surface area contributed by atoms with E-state index in [1.54, 1.807) is 30.0 Å². The van der Waals surface area contributed by atoms with Gasteiger partial charge in [-0.15, -0.1) is 11.8 Å². The van der Waals surface area contributed by atoms with Crippen molar-refractivity contribution in [1.82, 2.24) is 10.2 Å². The third kappa shape index (κ3) is 7.81. The molecule has 1 saturated carbocycles. The van der Waals surface area contributed by atoms with Crippen molar-refractivity contribution in [3.05, 3.63) is 68.7 Å². The summed E-state index contributed by atoms with van der Waals surface area (Å²) in [5.41, 5.74) is 1.73. The average Bonchev–Trinajstić information content (AvgIpc) is 2.80. The molecule has 33 heavy (non-hydrogen) atoms. The highest BCUT2D eigenvalue weighted by Crippen LogP contribution is 2.25. The van der Waals surface area contributed by atoms with Crippen LogP contribution in [-0.2, 0) is 21.9 Å². The van der Waals surface area contributed by atoms with E-state index < -0.39 is 6.04 Å². The van der Waals surface area contributed by atoms with Crippen molar-refractivity contribution in [2.45, 2.75) is 63.4 Å². The van der Waals surface area contributed by atoms with Gasteiger partial charge in [0.25, 0.3) is 0 Å². The second kappa shape index (κ2) is 12.9. The molecule has 1 aliphatic rings. The van der Waals surface area contributed by atoms with Crippen molar-refractivity contribution in [2.75, 3.05) is 5.75 Å². The maximum atomic E-state index is 13.3.